The Balaban J connectivity index is 4.21. The Bertz CT molecular complexity index is 1470. The topological polar surface area (TPSA) is 78.9 Å². The predicted molar refractivity (Wildman–Crippen MR) is 334 cm³/mol. The third kappa shape index (κ3) is 63.3. The average molecular weight is 1070 g/mol. The Hall–Kier alpha value is -3.41. The van der Waals surface area contributed by atoms with Gasteiger partial charge in [-0.3, -0.25) is 14.4 Å². The second-order valence-corrected chi connectivity index (χ2v) is 22.0. The van der Waals surface area contributed by atoms with Crippen LogP contribution in [-0.4, -0.2) is 37.2 Å². The Morgan fingerprint density at radius 2 is 0.506 bits per heavy atom. The number of carbonyl (C=O) groups is 3. The highest BCUT2D eigenvalue weighted by Crippen LogP contribution is 2.17. The van der Waals surface area contributed by atoms with E-state index >= 15 is 0 Å². The molecule has 0 aliphatic carbocycles. The third-order valence-corrected chi connectivity index (χ3v) is 14.4. The van der Waals surface area contributed by atoms with Crippen LogP contribution in [0.1, 0.15) is 329 Å². The monoisotopic (exact) mass is 1070 g/mol. The number of hydrogen-bond acceptors (Lipinski definition) is 6. The predicted octanol–water partition coefficient (Wildman–Crippen LogP) is 22.7. The molecule has 0 aromatic rings. The second kappa shape index (κ2) is 65.1. The van der Waals surface area contributed by atoms with Crippen molar-refractivity contribution in [3.63, 3.8) is 0 Å². The number of rotatable bonds is 60. The Kier molecular flexibility index (Phi) is 62.2. The first-order valence-corrected chi connectivity index (χ1v) is 33.1. The molecule has 0 fully saturated rings. The summed E-state index contributed by atoms with van der Waals surface area (Å²) in [6, 6.07) is 0. The van der Waals surface area contributed by atoms with Gasteiger partial charge in [0.1, 0.15) is 13.2 Å². The van der Waals surface area contributed by atoms with Crippen molar-refractivity contribution in [1.29, 1.82) is 0 Å². The Morgan fingerprint density at radius 3 is 0.805 bits per heavy atom. The molecular formula is C71H124O6. The van der Waals surface area contributed by atoms with Gasteiger partial charge in [0.25, 0.3) is 0 Å². The molecule has 0 aliphatic rings. The van der Waals surface area contributed by atoms with Crippen LogP contribution >= 0.6 is 0 Å². The zero-order chi connectivity index (χ0) is 55.7. The largest absolute Gasteiger partial charge is 0.462 e. The van der Waals surface area contributed by atoms with E-state index in [9.17, 15) is 14.4 Å². The van der Waals surface area contributed by atoms with E-state index in [1.165, 1.54) is 186 Å². The van der Waals surface area contributed by atoms with Gasteiger partial charge in [-0.25, -0.2) is 0 Å². The number of unbranched alkanes of at least 4 members (excludes halogenated alkanes) is 35. The molecule has 0 heterocycles. The van der Waals surface area contributed by atoms with Gasteiger partial charge in [0, 0.05) is 19.3 Å². The highest BCUT2D eigenvalue weighted by molar-refractivity contribution is 5.71. The molecule has 0 N–H and O–H groups in total. The van der Waals surface area contributed by atoms with E-state index in [1.54, 1.807) is 0 Å². The fourth-order valence-corrected chi connectivity index (χ4v) is 9.44. The SMILES string of the molecule is CC/C=C\C/C=C\C/C=C\C/C=C\C/C=C\C/C=C\CCCCCCCCCCCCCCC(=O)OCC(COC(=O)CCCCCCCCCCCCCC)OC(=O)CCCCCCC/C=C\CCCCCCCCC. The minimum Gasteiger partial charge on any atom is -0.462 e. The maximum Gasteiger partial charge on any atom is 0.306 e. The smallest absolute Gasteiger partial charge is 0.306 e. The van der Waals surface area contributed by atoms with Crippen molar-refractivity contribution in [3.05, 3.63) is 85.1 Å². The van der Waals surface area contributed by atoms with E-state index in [4.69, 9.17) is 14.2 Å². The van der Waals surface area contributed by atoms with E-state index < -0.39 is 6.10 Å². The quantitative estimate of drug-likeness (QED) is 0.0261. The van der Waals surface area contributed by atoms with Crippen molar-refractivity contribution >= 4 is 17.9 Å². The lowest BCUT2D eigenvalue weighted by atomic mass is 10.0. The molecule has 0 aromatic heterocycles. The summed E-state index contributed by atoms with van der Waals surface area (Å²) in [7, 11) is 0. The van der Waals surface area contributed by atoms with Crippen LogP contribution in [0.25, 0.3) is 0 Å². The first-order valence-electron chi connectivity index (χ1n) is 33.1. The maximum atomic E-state index is 12.9. The van der Waals surface area contributed by atoms with Crippen LogP contribution in [0, 0.1) is 0 Å². The summed E-state index contributed by atoms with van der Waals surface area (Å²) in [5, 5.41) is 0. The molecule has 0 bridgehead atoms. The van der Waals surface area contributed by atoms with Gasteiger partial charge in [0.15, 0.2) is 6.10 Å². The van der Waals surface area contributed by atoms with Crippen LogP contribution in [0.4, 0.5) is 0 Å². The second-order valence-electron chi connectivity index (χ2n) is 22.0. The zero-order valence-corrected chi connectivity index (χ0v) is 51.0. The molecule has 6 heteroatoms. The summed E-state index contributed by atoms with van der Waals surface area (Å²) in [6.45, 7) is 6.55. The van der Waals surface area contributed by atoms with Crippen LogP contribution in [0.5, 0.6) is 0 Å². The number of carbonyl (C=O) groups excluding carboxylic acids is 3. The molecule has 6 nitrogen and oxygen atoms in total. The van der Waals surface area contributed by atoms with Crippen molar-refractivity contribution in [3.8, 4) is 0 Å². The third-order valence-electron chi connectivity index (χ3n) is 14.4. The van der Waals surface area contributed by atoms with Crippen LogP contribution in [0.15, 0.2) is 85.1 Å². The number of allylic oxidation sites excluding steroid dienone is 14. The number of esters is 3. The van der Waals surface area contributed by atoms with Crippen molar-refractivity contribution in [2.24, 2.45) is 0 Å². The first-order chi connectivity index (χ1) is 38.0. The van der Waals surface area contributed by atoms with Crippen LogP contribution in [0.3, 0.4) is 0 Å². The van der Waals surface area contributed by atoms with Crippen LogP contribution < -0.4 is 0 Å². The van der Waals surface area contributed by atoms with Gasteiger partial charge in [-0.2, -0.15) is 0 Å². The molecule has 444 valence electrons. The van der Waals surface area contributed by atoms with Gasteiger partial charge < -0.3 is 14.2 Å². The van der Waals surface area contributed by atoms with Crippen molar-refractivity contribution < 1.29 is 28.6 Å². The molecule has 77 heavy (non-hydrogen) atoms. The molecule has 0 spiro atoms. The van der Waals surface area contributed by atoms with E-state index in [0.717, 1.165) is 103 Å². The summed E-state index contributed by atoms with van der Waals surface area (Å²) in [5.74, 6) is -0.872. The van der Waals surface area contributed by atoms with Crippen molar-refractivity contribution in [1.82, 2.24) is 0 Å². The summed E-state index contributed by atoms with van der Waals surface area (Å²) in [5.41, 5.74) is 0. The summed E-state index contributed by atoms with van der Waals surface area (Å²) in [4.78, 5) is 38.3. The molecule has 1 unspecified atom stereocenters. The lowest BCUT2D eigenvalue weighted by Gasteiger charge is -2.18. The Morgan fingerprint density at radius 1 is 0.273 bits per heavy atom. The van der Waals surface area contributed by atoms with Gasteiger partial charge in [-0.1, -0.05) is 298 Å². The highest BCUT2D eigenvalue weighted by atomic mass is 16.6. The van der Waals surface area contributed by atoms with E-state index in [2.05, 4.69) is 106 Å². The maximum absolute atomic E-state index is 12.9. The van der Waals surface area contributed by atoms with E-state index in [1.807, 2.05) is 0 Å². The molecular weight excluding hydrogens is 949 g/mol. The standard InChI is InChI=1S/C71H124O6/c1-4-7-10-13-16-19-22-25-27-29-30-31-32-33-34-35-36-37-38-39-40-41-42-43-45-46-49-52-55-58-61-64-70(73)76-67-68(66-75-69(72)63-60-57-54-51-48-24-21-18-15-12-9-6-3)77-71(74)65-62-59-56-53-50-47-44-28-26-23-20-17-14-11-8-5-2/h7,10,16,19,25,27-28,30-31,33-34,36-37,44,68H,4-6,8-9,11-15,17-18,20-24,26,29,32,35,38-43,45-67H2,1-3H3/b10-7-,19-16-,27-25-,31-30-,34-33-,37-36-,44-28-. The summed E-state index contributed by atoms with van der Waals surface area (Å²) < 4.78 is 16.9. The Labute approximate surface area is 477 Å². The fourth-order valence-electron chi connectivity index (χ4n) is 9.44. The summed E-state index contributed by atoms with van der Waals surface area (Å²) >= 11 is 0. The lowest BCUT2D eigenvalue weighted by molar-refractivity contribution is -0.167. The van der Waals surface area contributed by atoms with E-state index in [-0.39, 0.29) is 31.1 Å². The van der Waals surface area contributed by atoms with Crippen LogP contribution in [0.2, 0.25) is 0 Å². The molecule has 0 aliphatic heterocycles. The molecule has 1 atom stereocenters. The lowest BCUT2D eigenvalue weighted by Crippen LogP contribution is -2.30. The minimum atomic E-state index is -0.779. The van der Waals surface area contributed by atoms with Crippen molar-refractivity contribution in [2.75, 3.05) is 13.2 Å². The van der Waals surface area contributed by atoms with Gasteiger partial charge in [0.05, 0.1) is 0 Å². The molecule has 0 amide bonds. The van der Waals surface area contributed by atoms with Gasteiger partial charge in [0.2, 0.25) is 0 Å². The van der Waals surface area contributed by atoms with Gasteiger partial charge in [-0.05, 0) is 96.3 Å². The molecule has 0 saturated heterocycles. The van der Waals surface area contributed by atoms with Gasteiger partial charge >= 0.3 is 17.9 Å². The zero-order valence-electron chi connectivity index (χ0n) is 51.0. The van der Waals surface area contributed by atoms with Gasteiger partial charge in [-0.15, -0.1) is 0 Å². The molecule has 0 saturated carbocycles. The van der Waals surface area contributed by atoms with Crippen molar-refractivity contribution in [2.45, 2.75) is 335 Å². The van der Waals surface area contributed by atoms with Crippen LogP contribution in [-0.2, 0) is 28.6 Å². The first kappa shape index (κ1) is 73.6. The normalized spacial score (nSPS) is 12.6. The number of hydrogen-bond donors (Lipinski definition) is 0. The van der Waals surface area contributed by atoms with E-state index in [0.29, 0.717) is 19.3 Å². The number of ether oxygens (including phenoxy) is 3. The molecule has 0 rings (SSSR count). The fraction of sp³-hybridized carbons (Fsp3) is 0.761. The summed E-state index contributed by atoms with van der Waals surface area (Å²) in [6.07, 6.45) is 86.0. The minimum absolute atomic E-state index is 0.0757. The highest BCUT2D eigenvalue weighted by Gasteiger charge is 2.19. The molecule has 0 radical (unpaired) electrons. The molecule has 0 aromatic carbocycles. The average Bonchev–Trinajstić information content (AvgIpc) is 3.43.